The van der Waals surface area contributed by atoms with E-state index in [-0.39, 0.29) is 18.4 Å². The molecule has 0 spiro atoms. The third-order valence-electron chi connectivity index (χ3n) is 2.88. The fourth-order valence-electron chi connectivity index (χ4n) is 2.03. The lowest BCUT2D eigenvalue weighted by Crippen LogP contribution is -2.40. The van der Waals surface area contributed by atoms with Crippen molar-refractivity contribution in [3.8, 4) is 0 Å². The number of aliphatic hydroxyl groups is 1. The van der Waals surface area contributed by atoms with Gasteiger partial charge < -0.3 is 5.11 Å². The van der Waals surface area contributed by atoms with E-state index in [2.05, 4.69) is 11.0 Å². The van der Waals surface area contributed by atoms with Crippen molar-refractivity contribution in [1.29, 1.82) is 0 Å². The zero-order valence-corrected chi connectivity index (χ0v) is 11.3. The van der Waals surface area contributed by atoms with E-state index in [1.807, 2.05) is 11.8 Å². The first-order valence-electron chi connectivity index (χ1n) is 5.71. The molecule has 6 heteroatoms. The summed E-state index contributed by atoms with van der Waals surface area (Å²) in [4.78, 5) is 0. The molecular formula is C10H21NO3S2. The summed E-state index contributed by atoms with van der Waals surface area (Å²) in [6.07, 6.45) is 6.55. The first-order chi connectivity index (χ1) is 7.57. The van der Waals surface area contributed by atoms with Crippen molar-refractivity contribution >= 4 is 21.8 Å². The highest BCUT2D eigenvalue weighted by Crippen LogP contribution is 2.27. The molecule has 1 saturated carbocycles. The van der Waals surface area contributed by atoms with Gasteiger partial charge in [0, 0.05) is 17.9 Å². The van der Waals surface area contributed by atoms with Gasteiger partial charge in [-0.05, 0) is 31.9 Å². The first kappa shape index (κ1) is 14.3. The van der Waals surface area contributed by atoms with Crippen LogP contribution in [0.3, 0.4) is 0 Å². The summed E-state index contributed by atoms with van der Waals surface area (Å²) < 4.78 is 26.0. The topological polar surface area (TPSA) is 66.4 Å². The van der Waals surface area contributed by atoms with E-state index in [0.29, 0.717) is 11.7 Å². The highest BCUT2D eigenvalue weighted by atomic mass is 32.2. The molecule has 2 atom stereocenters. The Bertz CT molecular complexity index is 292. The van der Waals surface area contributed by atoms with Crippen LogP contribution in [0.1, 0.15) is 32.1 Å². The van der Waals surface area contributed by atoms with E-state index < -0.39 is 10.0 Å². The van der Waals surface area contributed by atoms with Gasteiger partial charge in [0.1, 0.15) is 0 Å². The summed E-state index contributed by atoms with van der Waals surface area (Å²) in [5.41, 5.74) is 0. The van der Waals surface area contributed by atoms with Gasteiger partial charge in [-0.3, -0.25) is 0 Å². The molecule has 16 heavy (non-hydrogen) atoms. The molecule has 1 aliphatic rings. The van der Waals surface area contributed by atoms with Gasteiger partial charge in [0.15, 0.2) is 0 Å². The van der Waals surface area contributed by atoms with Gasteiger partial charge in [0.2, 0.25) is 10.0 Å². The third kappa shape index (κ3) is 5.03. The van der Waals surface area contributed by atoms with Crippen LogP contribution in [0.15, 0.2) is 0 Å². The van der Waals surface area contributed by atoms with Crippen molar-refractivity contribution in [2.24, 2.45) is 0 Å². The molecule has 4 nitrogen and oxygen atoms in total. The second-order valence-corrected chi connectivity index (χ2v) is 7.25. The standard InChI is InChI=1S/C10H21NO3S2/c1-15-10-5-2-4-9(8-10)11-16(13,14)7-3-6-12/h9-12H,2-8H2,1H3. The Kier molecular flexibility index (Phi) is 6.10. The molecule has 2 unspecified atom stereocenters. The molecule has 96 valence electrons. The smallest absolute Gasteiger partial charge is 0.211 e. The molecule has 0 aliphatic heterocycles. The van der Waals surface area contributed by atoms with E-state index in [0.717, 1.165) is 19.3 Å². The van der Waals surface area contributed by atoms with Crippen molar-refractivity contribution in [2.45, 2.75) is 43.4 Å². The summed E-state index contributed by atoms with van der Waals surface area (Å²) in [6, 6.07) is 0.0925. The molecule has 1 aliphatic carbocycles. The van der Waals surface area contributed by atoms with Gasteiger partial charge >= 0.3 is 0 Å². The van der Waals surface area contributed by atoms with Gasteiger partial charge in [0.05, 0.1) is 5.75 Å². The number of hydrogen-bond donors (Lipinski definition) is 2. The Hall–Kier alpha value is 0.220. The minimum absolute atomic E-state index is 0.0317. The van der Waals surface area contributed by atoms with E-state index in [4.69, 9.17) is 5.11 Å². The summed E-state index contributed by atoms with van der Waals surface area (Å²) in [5, 5.41) is 9.20. The zero-order valence-electron chi connectivity index (χ0n) is 9.68. The Morgan fingerprint density at radius 2 is 2.19 bits per heavy atom. The highest BCUT2D eigenvalue weighted by Gasteiger charge is 2.24. The van der Waals surface area contributed by atoms with Crippen molar-refractivity contribution in [3.63, 3.8) is 0 Å². The fraction of sp³-hybridized carbons (Fsp3) is 1.00. The predicted octanol–water partition coefficient (Wildman–Crippen LogP) is 0.962. The minimum Gasteiger partial charge on any atom is -0.396 e. The van der Waals surface area contributed by atoms with Crippen LogP contribution >= 0.6 is 11.8 Å². The lowest BCUT2D eigenvalue weighted by atomic mass is 9.96. The van der Waals surface area contributed by atoms with Gasteiger partial charge in [-0.25, -0.2) is 13.1 Å². The van der Waals surface area contributed by atoms with Crippen LogP contribution < -0.4 is 4.72 Å². The maximum Gasteiger partial charge on any atom is 0.211 e. The van der Waals surface area contributed by atoms with Crippen LogP contribution in [0.2, 0.25) is 0 Å². The van der Waals surface area contributed by atoms with Gasteiger partial charge in [0.25, 0.3) is 0 Å². The van der Waals surface area contributed by atoms with Crippen molar-refractivity contribution in [3.05, 3.63) is 0 Å². The number of rotatable bonds is 6. The Morgan fingerprint density at radius 1 is 1.44 bits per heavy atom. The molecule has 0 saturated heterocycles. The predicted molar refractivity (Wildman–Crippen MR) is 68.2 cm³/mol. The average molecular weight is 267 g/mol. The van der Waals surface area contributed by atoms with Crippen LogP contribution in [0.4, 0.5) is 0 Å². The molecule has 2 N–H and O–H groups in total. The van der Waals surface area contributed by atoms with Crippen molar-refractivity contribution in [2.75, 3.05) is 18.6 Å². The van der Waals surface area contributed by atoms with E-state index in [1.54, 1.807) is 0 Å². The lowest BCUT2D eigenvalue weighted by molar-refractivity contribution is 0.295. The number of nitrogens with one attached hydrogen (secondary N) is 1. The molecule has 0 amide bonds. The van der Waals surface area contributed by atoms with E-state index in [9.17, 15) is 8.42 Å². The summed E-state index contributed by atoms with van der Waals surface area (Å²) in [5.74, 6) is 0.0317. The van der Waals surface area contributed by atoms with Gasteiger partial charge in [-0.1, -0.05) is 6.42 Å². The van der Waals surface area contributed by atoms with Crippen LogP contribution in [0.5, 0.6) is 0 Å². The first-order valence-corrected chi connectivity index (χ1v) is 8.65. The molecule has 0 aromatic carbocycles. The summed E-state index contributed by atoms with van der Waals surface area (Å²) in [7, 11) is -3.19. The third-order valence-corrected chi connectivity index (χ3v) is 5.49. The molecule has 0 aromatic rings. The fourth-order valence-corrected chi connectivity index (χ4v) is 4.21. The summed E-state index contributed by atoms with van der Waals surface area (Å²) >= 11 is 1.82. The van der Waals surface area contributed by atoms with E-state index >= 15 is 0 Å². The average Bonchev–Trinajstić information content (AvgIpc) is 2.26. The molecule has 0 radical (unpaired) electrons. The van der Waals surface area contributed by atoms with Gasteiger partial charge in [-0.15, -0.1) is 0 Å². The Morgan fingerprint density at radius 3 is 2.81 bits per heavy atom. The number of sulfonamides is 1. The van der Waals surface area contributed by atoms with Crippen LogP contribution in [0.25, 0.3) is 0 Å². The maximum absolute atomic E-state index is 11.6. The molecular weight excluding hydrogens is 246 g/mol. The largest absolute Gasteiger partial charge is 0.396 e. The van der Waals surface area contributed by atoms with Crippen LogP contribution in [-0.2, 0) is 10.0 Å². The summed E-state index contributed by atoms with van der Waals surface area (Å²) in [6.45, 7) is -0.0704. The SMILES string of the molecule is CSC1CCCC(NS(=O)(=O)CCCO)C1. The van der Waals surface area contributed by atoms with Crippen LogP contribution in [0, 0.1) is 0 Å². The second kappa shape index (κ2) is 6.83. The lowest BCUT2D eigenvalue weighted by Gasteiger charge is -2.28. The zero-order chi connectivity index (χ0) is 12.0. The van der Waals surface area contributed by atoms with E-state index in [1.165, 1.54) is 6.42 Å². The minimum atomic E-state index is -3.19. The quantitative estimate of drug-likeness (QED) is 0.752. The molecule has 0 heterocycles. The normalized spacial score (nSPS) is 26.9. The molecule has 1 rings (SSSR count). The number of hydrogen-bond acceptors (Lipinski definition) is 4. The van der Waals surface area contributed by atoms with Crippen LogP contribution in [-0.4, -0.2) is 43.4 Å². The Balaban J connectivity index is 2.40. The van der Waals surface area contributed by atoms with Crippen molar-refractivity contribution in [1.82, 2.24) is 4.72 Å². The molecule has 1 fully saturated rings. The molecule has 0 bridgehead atoms. The monoisotopic (exact) mass is 267 g/mol. The number of aliphatic hydroxyl groups excluding tert-OH is 1. The van der Waals surface area contributed by atoms with Gasteiger partial charge in [-0.2, -0.15) is 11.8 Å². The second-order valence-electron chi connectivity index (χ2n) is 4.24. The maximum atomic E-state index is 11.6. The number of thioether (sulfide) groups is 1. The Labute approximate surface area is 102 Å². The van der Waals surface area contributed by atoms with Crippen molar-refractivity contribution < 1.29 is 13.5 Å². The highest BCUT2D eigenvalue weighted by molar-refractivity contribution is 7.99. The molecule has 0 aromatic heterocycles.